The van der Waals surface area contributed by atoms with Crippen LogP contribution in [-0.4, -0.2) is 27.8 Å². The Hall–Kier alpha value is -2.86. The predicted octanol–water partition coefficient (Wildman–Crippen LogP) is 2.68. The number of nitrogens with zero attached hydrogens (tertiary/aromatic N) is 3. The topological polar surface area (TPSA) is 83.0 Å². The fourth-order valence-corrected chi connectivity index (χ4v) is 2.77. The van der Waals surface area contributed by atoms with Gasteiger partial charge in [0.1, 0.15) is 0 Å². The van der Waals surface area contributed by atoms with Gasteiger partial charge in [0.25, 0.3) is 0 Å². The average molecular weight is 357 g/mol. The van der Waals surface area contributed by atoms with Gasteiger partial charge in [-0.05, 0) is 34.9 Å². The van der Waals surface area contributed by atoms with Crippen molar-refractivity contribution in [1.82, 2.24) is 14.8 Å². The van der Waals surface area contributed by atoms with E-state index in [1.54, 1.807) is 30.4 Å². The molecule has 25 heavy (non-hydrogen) atoms. The third-order valence-electron chi connectivity index (χ3n) is 3.65. The number of halogens is 1. The van der Waals surface area contributed by atoms with Crippen molar-refractivity contribution in [3.8, 4) is 17.0 Å². The number of benzene rings is 1. The third kappa shape index (κ3) is 4.16. The number of methoxy groups -OCH3 is 1. The number of rotatable bonds is 6. The monoisotopic (exact) mass is 356 g/mol. The molecule has 1 amide bonds. The zero-order valence-corrected chi connectivity index (χ0v) is 14.4. The van der Waals surface area contributed by atoms with E-state index in [0.717, 1.165) is 22.3 Å². The summed E-state index contributed by atoms with van der Waals surface area (Å²) in [5.74, 6) is 0.148. The molecule has 0 fully saturated rings. The molecule has 3 rings (SSSR count). The van der Waals surface area contributed by atoms with Gasteiger partial charge in [-0.2, -0.15) is 5.10 Å². The van der Waals surface area contributed by atoms with Crippen molar-refractivity contribution in [2.45, 2.75) is 13.0 Å². The summed E-state index contributed by atoms with van der Waals surface area (Å²) in [6, 6.07) is 9.51. The fraction of sp³-hybridized carbons (Fsp3) is 0.167. The predicted molar refractivity (Wildman–Crippen MR) is 95.5 cm³/mol. The summed E-state index contributed by atoms with van der Waals surface area (Å²) in [6.45, 7) is 0.517. The van der Waals surface area contributed by atoms with Crippen molar-refractivity contribution in [2.24, 2.45) is 5.73 Å². The average Bonchev–Trinajstić information content (AvgIpc) is 3.01. The van der Waals surface area contributed by atoms with Crippen molar-refractivity contribution in [3.05, 3.63) is 65.1 Å². The van der Waals surface area contributed by atoms with E-state index in [4.69, 9.17) is 22.1 Å². The number of ether oxygens (including phenoxy) is 1. The minimum absolute atomic E-state index is 0.175. The Balaban J connectivity index is 1.89. The van der Waals surface area contributed by atoms with E-state index in [0.29, 0.717) is 17.4 Å². The smallest absolute Gasteiger partial charge is 0.221 e. The van der Waals surface area contributed by atoms with Crippen LogP contribution in [0, 0.1) is 0 Å². The van der Waals surface area contributed by atoms with Crippen LogP contribution in [0.4, 0.5) is 0 Å². The first-order valence-corrected chi connectivity index (χ1v) is 8.01. The van der Waals surface area contributed by atoms with Gasteiger partial charge in [0.05, 0.1) is 26.3 Å². The molecular weight excluding hydrogens is 340 g/mol. The van der Waals surface area contributed by atoms with Gasteiger partial charge in [-0.25, -0.2) is 4.98 Å². The number of primary amides is 1. The first kappa shape index (κ1) is 17.0. The van der Waals surface area contributed by atoms with Crippen LogP contribution in [0.5, 0.6) is 5.88 Å². The van der Waals surface area contributed by atoms with E-state index in [9.17, 15) is 4.79 Å². The van der Waals surface area contributed by atoms with Crippen LogP contribution in [0.1, 0.15) is 11.1 Å². The van der Waals surface area contributed by atoms with Gasteiger partial charge < -0.3 is 10.5 Å². The van der Waals surface area contributed by atoms with E-state index in [-0.39, 0.29) is 12.3 Å². The second-order valence-corrected chi connectivity index (χ2v) is 6.04. The summed E-state index contributed by atoms with van der Waals surface area (Å²) in [6.07, 6.45) is 5.35. The number of hydrogen-bond acceptors (Lipinski definition) is 4. The standard InChI is InChI=1S/C18H17ClN4O2/c1-25-18-16(14-3-2-4-15(19)7-14)5-12(8-21-18)10-23-11-13(9-22-23)6-17(20)24/h2-5,7-9,11H,6,10H2,1H3,(H2,20,24). The molecule has 128 valence electrons. The van der Waals surface area contributed by atoms with Crippen LogP contribution >= 0.6 is 11.6 Å². The molecule has 0 aliphatic heterocycles. The van der Waals surface area contributed by atoms with Gasteiger partial charge in [-0.15, -0.1) is 0 Å². The Kier molecular flexibility index (Phi) is 5.00. The Morgan fingerprint density at radius 1 is 1.28 bits per heavy atom. The summed E-state index contributed by atoms with van der Waals surface area (Å²) < 4.78 is 7.10. The van der Waals surface area contributed by atoms with E-state index in [2.05, 4.69) is 10.1 Å². The lowest BCUT2D eigenvalue weighted by Crippen LogP contribution is -2.13. The van der Waals surface area contributed by atoms with Crippen LogP contribution in [0.3, 0.4) is 0 Å². The normalized spacial score (nSPS) is 10.6. The highest BCUT2D eigenvalue weighted by Crippen LogP contribution is 2.30. The van der Waals surface area contributed by atoms with Crippen LogP contribution < -0.4 is 10.5 Å². The van der Waals surface area contributed by atoms with E-state index >= 15 is 0 Å². The Labute approximate surface area is 150 Å². The molecule has 0 atom stereocenters. The number of amides is 1. The molecule has 2 heterocycles. The Morgan fingerprint density at radius 3 is 2.84 bits per heavy atom. The number of carbonyl (C=O) groups is 1. The minimum Gasteiger partial charge on any atom is -0.481 e. The molecule has 0 spiro atoms. The highest BCUT2D eigenvalue weighted by molar-refractivity contribution is 6.30. The molecular formula is C18H17ClN4O2. The fourth-order valence-electron chi connectivity index (χ4n) is 2.58. The molecule has 2 N–H and O–H groups in total. The van der Waals surface area contributed by atoms with Crippen molar-refractivity contribution >= 4 is 17.5 Å². The van der Waals surface area contributed by atoms with Gasteiger partial charge in [-0.1, -0.05) is 23.7 Å². The van der Waals surface area contributed by atoms with Crippen LogP contribution in [0.15, 0.2) is 48.9 Å². The second kappa shape index (κ2) is 7.36. The molecule has 2 aromatic heterocycles. The molecule has 0 aliphatic rings. The van der Waals surface area contributed by atoms with E-state index < -0.39 is 0 Å². The van der Waals surface area contributed by atoms with Crippen molar-refractivity contribution < 1.29 is 9.53 Å². The highest BCUT2D eigenvalue weighted by Gasteiger charge is 2.10. The molecule has 3 aromatic rings. The molecule has 7 heteroatoms. The number of aromatic nitrogens is 3. The van der Waals surface area contributed by atoms with Gasteiger partial charge >= 0.3 is 0 Å². The van der Waals surface area contributed by atoms with Gasteiger partial charge in [-0.3, -0.25) is 9.48 Å². The Morgan fingerprint density at radius 2 is 2.12 bits per heavy atom. The third-order valence-corrected chi connectivity index (χ3v) is 3.88. The molecule has 0 bridgehead atoms. The lowest BCUT2D eigenvalue weighted by atomic mass is 10.1. The van der Waals surface area contributed by atoms with Crippen LogP contribution in [0.2, 0.25) is 5.02 Å². The van der Waals surface area contributed by atoms with Gasteiger partial charge in [0, 0.05) is 23.0 Å². The van der Waals surface area contributed by atoms with Gasteiger partial charge in [0.15, 0.2) is 0 Å². The van der Waals surface area contributed by atoms with Crippen LogP contribution in [0.25, 0.3) is 11.1 Å². The lowest BCUT2D eigenvalue weighted by molar-refractivity contribution is -0.117. The maximum atomic E-state index is 11.0. The summed E-state index contributed by atoms with van der Waals surface area (Å²) >= 11 is 6.09. The molecule has 0 saturated carbocycles. The number of pyridine rings is 1. The largest absolute Gasteiger partial charge is 0.481 e. The van der Waals surface area contributed by atoms with E-state index in [1.807, 2.05) is 30.3 Å². The molecule has 0 saturated heterocycles. The molecule has 0 radical (unpaired) electrons. The van der Waals surface area contributed by atoms with Gasteiger partial charge in [0.2, 0.25) is 11.8 Å². The first-order valence-electron chi connectivity index (χ1n) is 7.63. The number of nitrogens with two attached hydrogens (primary N) is 1. The Bertz CT molecular complexity index is 908. The zero-order valence-electron chi connectivity index (χ0n) is 13.6. The van der Waals surface area contributed by atoms with Crippen molar-refractivity contribution in [3.63, 3.8) is 0 Å². The van der Waals surface area contributed by atoms with Crippen molar-refractivity contribution in [2.75, 3.05) is 7.11 Å². The molecule has 6 nitrogen and oxygen atoms in total. The van der Waals surface area contributed by atoms with Crippen LogP contribution in [-0.2, 0) is 17.8 Å². The molecule has 1 aromatic carbocycles. The van der Waals surface area contributed by atoms with E-state index in [1.165, 1.54) is 0 Å². The SMILES string of the molecule is COc1ncc(Cn2cc(CC(N)=O)cn2)cc1-c1cccc(Cl)c1. The summed E-state index contributed by atoms with van der Waals surface area (Å²) in [7, 11) is 1.58. The quantitative estimate of drug-likeness (QED) is 0.736. The van der Waals surface area contributed by atoms with Crippen molar-refractivity contribution in [1.29, 1.82) is 0 Å². The zero-order chi connectivity index (χ0) is 17.8. The lowest BCUT2D eigenvalue weighted by Gasteiger charge is -2.10. The molecule has 0 unspecified atom stereocenters. The summed E-state index contributed by atoms with van der Waals surface area (Å²) in [5, 5.41) is 4.90. The number of hydrogen-bond donors (Lipinski definition) is 1. The maximum Gasteiger partial charge on any atom is 0.221 e. The first-order chi connectivity index (χ1) is 12.0. The summed E-state index contributed by atoms with van der Waals surface area (Å²) in [4.78, 5) is 15.4. The minimum atomic E-state index is -0.381. The highest BCUT2D eigenvalue weighted by atomic mass is 35.5. The molecule has 0 aliphatic carbocycles. The summed E-state index contributed by atoms with van der Waals surface area (Å²) in [5.41, 5.74) is 8.71. The maximum absolute atomic E-state index is 11.0. The second-order valence-electron chi connectivity index (χ2n) is 5.60. The number of carbonyl (C=O) groups excluding carboxylic acids is 1.